The number of ether oxygens (including phenoxy) is 1. The molecule has 0 saturated carbocycles. The molecule has 0 radical (unpaired) electrons. The Kier molecular flexibility index (Phi) is 7.38. The maximum atomic E-state index is 12.5. The van der Waals surface area contributed by atoms with E-state index in [0.29, 0.717) is 13.0 Å². The van der Waals surface area contributed by atoms with Gasteiger partial charge in [-0.25, -0.2) is 0 Å². The molecule has 0 heterocycles. The minimum absolute atomic E-state index is 0.0981. The van der Waals surface area contributed by atoms with Crippen molar-refractivity contribution in [1.29, 1.82) is 0 Å². The lowest BCUT2D eigenvalue weighted by Gasteiger charge is -2.25. The number of carbonyl (C=O) groups excluding carboxylic acids is 2. The van der Waals surface area contributed by atoms with Gasteiger partial charge >= 0.3 is 0 Å². The first-order valence-electron chi connectivity index (χ1n) is 7.23. The van der Waals surface area contributed by atoms with Gasteiger partial charge in [-0.2, -0.15) is 0 Å². The van der Waals surface area contributed by atoms with E-state index < -0.39 is 6.04 Å². The van der Waals surface area contributed by atoms with Crippen LogP contribution in [0, 0.1) is 0 Å². The van der Waals surface area contributed by atoms with Gasteiger partial charge in [0, 0.05) is 30.6 Å². The Bertz CT molecular complexity index is 534. The first-order chi connectivity index (χ1) is 10.4. The summed E-state index contributed by atoms with van der Waals surface area (Å²) < 4.78 is 6.25. The molecule has 1 aromatic carbocycles. The van der Waals surface area contributed by atoms with Crippen molar-refractivity contribution in [1.82, 2.24) is 10.2 Å². The fraction of sp³-hybridized carbons (Fsp3) is 0.500. The molecule has 1 aromatic rings. The van der Waals surface area contributed by atoms with Gasteiger partial charge in [0.25, 0.3) is 0 Å². The third-order valence-electron chi connectivity index (χ3n) is 3.28. The quantitative estimate of drug-likeness (QED) is 0.802. The van der Waals surface area contributed by atoms with Gasteiger partial charge in [-0.15, -0.1) is 0 Å². The molecular weight excluding hydrogens is 348 g/mol. The van der Waals surface area contributed by atoms with E-state index in [1.54, 1.807) is 19.1 Å². The van der Waals surface area contributed by atoms with Crippen LogP contribution in [0.4, 0.5) is 0 Å². The maximum absolute atomic E-state index is 12.5. The van der Waals surface area contributed by atoms with Crippen molar-refractivity contribution in [3.8, 4) is 5.75 Å². The lowest BCUT2D eigenvalue weighted by Crippen LogP contribution is -2.46. The van der Waals surface area contributed by atoms with Gasteiger partial charge in [-0.1, -0.05) is 29.3 Å². The van der Waals surface area contributed by atoms with Crippen LogP contribution >= 0.6 is 15.9 Å². The highest BCUT2D eigenvalue weighted by molar-refractivity contribution is 9.10. The second-order valence-electron chi connectivity index (χ2n) is 5.19. The van der Waals surface area contributed by atoms with Crippen LogP contribution in [0.2, 0.25) is 0 Å². The van der Waals surface area contributed by atoms with Crippen LogP contribution in [0.25, 0.3) is 0 Å². The number of nitrogens with one attached hydrogen (secondary N) is 1. The summed E-state index contributed by atoms with van der Waals surface area (Å²) in [5.74, 6) is 0.439. The van der Waals surface area contributed by atoms with Gasteiger partial charge < -0.3 is 15.0 Å². The largest absolute Gasteiger partial charge is 0.496 e. The molecule has 0 bridgehead atoms. The second-order valence-corrected chi connectivity index (χ2v) is 6.11. The smallest absolute Gasteiger partial charge is 0.245 e. The predicted octanol–water partition coefficient (Wildman–Crippen LogP) is 2.72. The number of halogens is 1. The average Bonchev–Trinajstić information content (AvgIpc) is 2.45. The first-order valence-corrected chi connectivity index (χ1v) is 8.02. The minimum Gasteiger partial charge on any atom is -0.496 e. The van der Waals surface area contributed by atoms with E-state index in [-0.39, 0.29) is 11.8 Å². The number of carbonyl (C=O) groups is 2. The van der Waals surface area contributed by atoms with E-state index in [1.807, 2.05) is 25.1 Å². The molecule has 0 aliphatic heterocycles. The van der Waals surface area contributed by atoms with Crippen molar-refractivity contribution in [2.75, 3.05) is 14.2 Å². The Morgan fingerprint density at radius 1 is 1.41 bits per heavy atom. The van der Waals surface area contributed by atoms with Crippen LogP contribution in [0.1, 0.15) is 32.3 Å². The van der Waals surface area contributed by atoms with Crippen LogP contribution in [-0.2, 0) is 16.1 Å². The van der Waals surface area contributed by atoms with Gasteiger partial charge in [-0.05, 0) is 24.6 Å². The van der Waals surface area contributed by atoms with Gasteiger partial charge in [0.15, 0.2) is 0 Å². The minimum atomic E-state index is -0.481. The standard InChI is InChI=1S/C16H23BrN2O3/c1-5-6-14(18-11(2)20)16(21)19(3)10-12-9-13(17)7-8-15(12)22-4/h7-9,14H,5-6,10H2,1-4H3,(H,18,20)/t14-/m0/s1. The van der Waals surface area contributed by atoms with Crippen molar-refractivity contribution in [3.05, 3.63) is 28.2 Å². The van der Waals surface area contributed by atoms with Crippen molar-refractivity contribution < 1.29 is 14.3 Å². The maximum Gasteiger partial charge on any atom is 0.245 e. The fourth-order valence-electron chi connectivity index (χ4n) is 2.26. The molecule has 0 aliphatic carbocycles. The van der Waals surface area contributed by atoms with Crippen LogP contribution in [-0.4, -0.2) is 36.9 Å². The molecule has 0 saturated heterocycles. The molecule has 5 nitrogen and oxygen atoms in total. The number of hydrogen-bond donors (Lipinski definition) is 1. The van der Waals surface area contributed by atoms with Crippen molar-refractivity contribution in [2.45, 2.75) is 39.3 Å². The van der Waals surface area contributed by atoms with E-state index in [4.69, 9.17) is 4.74 Å². The molecular formula is C16H23BrN2O3. The van der Waals surface area contributed by atoms with E-state index in [1.165, 1.54) is 6.92 Å². The van der Waals surface area contributed by atoms with Crippen molar-refractivity contribution in [3.63, 3.8) is 0 Å². The first kappa shape index (κ1) is 18.5. The van der Waals surface area contributed by atoms with Crippen molar-refractivity contribution >= 4 is 27.7 Å². The van der Waals surface area contributed by atoms with E-state index in [9.17, 15) is 9.59 Å². The number of hydrogen-bond acceptors (Lipinski definition) is 3. The van der Waals surface area contributed by atoms with Gasteiger partial charge in [-0.3, -0.25) is 9.59 Å². The molecule has 1 rings (SSSR count). The highest BCUT2D eigenvalue weighted by Gasteiger charge is 2.22. The SMILES string of the molecule is CCC[C@H](NC(C)=O)C(=O)N(C)Cc1cc(Br)ccc1OC. The third kappa shape index (κ3) is 5.33. The summed E-state index contributed by atoms with van der Waals surface area (Å²) >= 11 is 3.42. The van der Waals surface area contributed by atoms with Crippen LogP contribution < -0.4 is 10.1 Å². The monoisotopic (exact) mass is 370 g/mol. The molecule has 22 heavy (non-hydrogen) atoms. The summed E-state index contributed by atoms with van der Waals surface area (Å²) in [4.78, 5) is 25.4. The summed E-state index contributed by atoms with van der Waals surface area (Å²) in [5.41, 5.74) is 0.908. The summed E-state index contributed by atoms with van der Waals surface area (Å²) in [6.07, 6.45) is 1.45. The molecule has 1 atom stereocenters. The average molecular weight is 371 g/mol. The number of likely N-dealkylation sites (N-methyl/N-ethyl adjacent to an activating group) is 1. The van der Waals surface area contributed by atoms with E-state index in [2.05, 4.69) is 21.2 Å². The highest BCUT2D eigenvalue weighted by Crippen LogP contribution is 2.24. The molecule has 0 aromatic heterocycles. The molecule has 0 unspecified atom stereocenters. The number of benzene rings is 1. The molecule has 1 N–H and O–H groups in total. The van der Waals surface area contributed by atoms with Gasteiger partial charge in [0.2, 0.25) is 11.8 Å². The van der Waals surface area contributed by atoms with Gasteiger partial charge in [0.05, 0.1) is 7.11 Å². The Morgan fingerprint density at radius 2 is 2.09 bits per heavy atom. The number of nitrogens with zero attached hydrogens (tertiary/aromatic N) is 1. The molecule has 6 heteroatoms. The summed E-state index contributed by atoms with van der Waals surface area (Å²) in [5, 5.41) is 2.72. The van der Waals surface area contributed by atoms with E-state index >= 15 is 0 Å². The lowest BCUT2D eigenvalue weighted by atomic mass is 10.1. The summed E-state index contributed by atoms with van der Waals surface area (Å²) in [6, 6.07) is 5.19. The molecule has 0 aliphatic rings. The lowest BCUT2D eigenvalue weighted by molar-refractivity contribution is -0.135. The molecule has 2 amide bonds. The molecule has 0 fully saturated rings. The zero-order chi connectivity index (χ0) is 16.7. The Hall–Kier alpha value is -1.56. The highest BCUT2D eigenvalue weighted by atomic mass is 79.9. The summed E-state index contributed by atoms with van der Waals surface area (Å²) in [7, 11) is 3.33. The van der Waals surface area contributed by atoms with E-state index in [0.717, 1.165) is 22.2 Å². The molecule has 122 valence electrons. The Labute approximate surface area is 140 Å². The predicted molar refractivity (Wildman–Crippen MR) is 89.7 cm³/mol. The van der Waals surface area contributed by atoms with Crippen LogP contribution in [0.5, 0.6) is 5.75 Å². The zero-order valence-electron chi connectivity index (χ0n) is 13.5. The number of methoxy groups -OCH3 is 1. The van der Waals surface area contributed by atoms with Gasteiger partial charge in [0.1, 0.15) is 11.8 Å². The zero-order valence-corrected chi connectivity index (χ0v) is 15.1. The molecule has 0 spiro atoms. The van der Waals surface area contributed by atoms with Crippen LogP contribution in [0.15, 0.2) is 22.7 Å². The number of amides is 2. The van der Waals surface area contributed by atoms with Crippen LogP contribution in [0.3, 0.4) is 0 Å². The Balaban J connectivity index is 2.86. The third-order valence-corrected chi connectivity index (χ3v) is 3.77. The fourth-order valence-corrected chi connectivity index (χ4v) is 2.67. The summed E-state index contributed by atoms with van der Waals surface area (Å²) in [6.45, 7) is 3.83. The topological polar surface area (TPSA) is 58.6 Å². The number of rotatable bonds is 7. The Morgan fingerprint density at radius 3 is 2.64 bits per heavy atom. The normalized spacial score (nSPS) is 11.7. The second kappa shape index (κ2) is 8.78. The van der Waals surface area contributed by atoms with Crippen molar-refractivity contribution in [2.24, 2.45) is 0 Å².